The normalized spacial score (nSPS) is 11.3. The van der Waals surface area contributed by atoms with E-state index in [9.17, 15) is 13.6 Å². The largest absolute Gasteiger partial charge is 0.434 e. The van der Waals surface area contributed by atoms with Crippen molar-refractivity contribution in [3.8, 4) is 17.2 Å². The Morgan fingerprint density at radius 3 is 2.68 bits per heavy atom. The standard InChI is InChI=1S/C22H20ClF2N3O3/c1-2-13-28(14-19-26-27-21(31-19)16-8-4-5-9-17(16)23)20(29)12-11-15-7-3-6-10-18(15)30-22(24)25/h3-12,22H,2,13-14H2,1H3/b12-11+. The molecule has 0 unspecified atom stereocenters. The van der Waals surface area contributed by atoms with Crippen LogP contribution in [0.15, 0.2) is 59.0 Å². The van der Waals surface area contributed by atoms with Crippen LogP contribution in [0.3, 0.4) is 0 Å². The number of carbonyl (C=O) groups excluding carboxylic acids is 1. The Kier molecular flexibility index (Phi) is 7.72. The maximum atomic E-state index is 12.7. The van der Waals surface area contributed by atoms with Gasteiger partial charge >= 0.3 is 6.61 Å². The summed E-state index contributed by atoms with van der Waals surface area (Å²) in [5.41, 5.74) is 0.971. The molecular formula is C22H20ClF2N3O3. The molecule has 1 heterocycles. The van der Waals surface area contributed by atoms with Gasteiger partial charge in [-0.1, -0.05) is 48.9 Å². The summed E-state index contributed by atoms with van der Waals surface area (Å²) in [6, 6.07) is 13.3. The molecule has 0 atom stereocenters. The third-order valence-corrected chi connectivity index (χ3v) is 4.57. The van der Waals surface area contributed by atoms with Crippen molar-refractivity contribution in [2.24, 2.45) is 0 Å². The van der Waals surface area contributed by atoms with Crippen LogP contribution >= 0.6 is 11.6 Å². The van der Waals surface area contributed by atoms with E-state index in [4.69, 9.17) is 16.0 Å². The second-order valence-corrected chi connectivity index (χ2v) is 6.90. The molecule has 1 aromatic heterocycles. The smallest absolute Gasteiger partial charge is 0.387 e. The van der Waals surface area contributed by atoms with E-state index in [1.54, 1.807) is 42.5 Å². The molecule has 0 radical (unpaired) electrons. The van der Waals surface area contributed by atoms with Crippen LogP contribution in [0.25, 0.3) is 17.5 Å². The molecule has 3 rings (SSSR count). The quantitative estimate of drug-likeness (QED) is 0.408. The Balaban J connectivity index is 1.73. The number of hydrogen-bond donors (Lipinski definition) is 0. The Labute approximate surface area is 183 Å². The maximum Gasteiger partial charge on any atom is 0.387 e. The van der Waals surface area contributed by atoms with Gasteiger partial charge in [-0.05, 0) is 30.7 Å². The van der Waals surface area contributed by atoms with Gasteiger partial charge in [0, 0.05) is 18.2 Å². The molecular weight excluding hydrogens is 428 g/mol. The number of halogens is 3. The maximum absolute atomic E-state index is 12.7. The second kappa shape index (κ2) is 10.7. The fourth-order valence-corrected chi connectivity index (χ4v) is 3.07. The highest BCUT2D eigenvalue weighted by molar-refractivity contribution is 6.33. The average Bonchev–Trinajstić information content (AvgIpc) is 3.21. The molecule has 1 amide bonds. The van der Waals surface area contributed by atoms with Crippen LogP contribution in [-0.2, 0) is 11.3 Å². The summed E-state index contributed by atoms with van der Waals surface area (Å²) in [6.45, 7) is -0.475. The van der Waals surface area contributed by atoms with Crippen LogP contribution in [0.4, 0.5) is 8.78 Å². The van der Waals surface area contributed by atoms with Crippen molar-refractivity contribution in [3.05, 3.63) is 71.1 Å². The average molecular weight is 448 g/mol. The Bertz CT molecular complexity index is 1060. The van der Waals surface area contributed by atoms with Gasteiger partial charge in [0.05, 0.1) is 17.1 Å². The third kappa shape index (κ3) is 6.11. The van der Waals surface area contributed by atoms with Crippen molar-refractivity contribution >= 4 is 23.6 Å². The predicted molar refractivity (Wildman–Crippen MR) is 113 cm³/mol. The Hall–Kier alpha value is -3.26. The first-order chi connectivity index (χ1) is 15.0. The monoisotopic (exact) mass is 447 g/mol. The van der Waals surface area contributed by atoms with Crippen LogP contribution in [0, 0.1) is 0 Å². The van der Waals surface area contributed by atoms with Gasteiger partial charge < -0.3 is 14.1 Å². The summed E-state index contributed by atoms with van der Waals surface area (Å²) in [5, 5.41) is 8.49. The summed E-state index contributed by atoms with van der Waals surface area (Å²) < 4.78 is 35.3. The summed E-state index contributed by atoms with van der Waals surface area (Å²) in [6.07, 6.45) is 3.44. The van der Waals surface area contributed by atoms with E-state index in [0.717, 1.165) is 0 Å². The van der Waals surface area contributed by atoms with Gasteiger partial charge in [0.15, 0.2) is 0 Å². The molecule has 0 aliphatic carbocycles. The van der Waals surface area contributed by atoms with Crippen LogP contribution in [0.5, 0.6) is 5.75 Å². The highest BCUT2D eigenvalue weighted by Gasteiger charge is 2.17. The van der Waals surface area contributed by atoms with Crippen molar-refractivity contribution < 1.29 is 22.7 Å². The van der Waals surface area contributed by atoms with Gasteiger partial charge in [0.2, 0.25) is 17.7 Å². The summed E-state index contributed by atoms with van der Waals surface area (Å²) >= 11 is 6.16. The number of nitrogens with zero attached hydrogens (tertiary/aromatic N) is 3. The molecule has 0 spiro atoms. The number of rotatable bonds is 9. The summed E-state index contributed by atoms with van der Waals surface area (Å²) in [7, 11) is 0. The van der Waals surface area contributed by atoms with Crippen molar-refractivity contribution in [2.75, 3.05) is 6.54 Å². The highest BCUT2D eigenvalue weighted by Crippen LogP contribution is 2.26. The van der Waals surface area contributed by atoms with E-state index in [2.05, 4.69) is 14.9 Å². The minimum absolute atomic E-state index is 0.00938. The number of benzene rings is 2. The minimum atomic E-state index is -2.95. The Morgan fingerprint density at radius 2 is 1.94 bits per heavy atom. The summed E-state index contributed by atoms with van der Waals surface area (Å²) in [4.78, 5) is 14.2. The first-order valence-electron chi connectivity index (χ1n) is 9.56. The van der Waals surface area contributed by atoms with Crippen molar-refractivity contribution in [3.63, 3.8) is 0 Å². The van der Waals surface area contributed by atoms with Crippen LogP contribution in [0.2, 0.25) is 5.02 Å². The van der Waals surface area contributed by atoms with E-state index in [-0.39, 0.29) is 30.0 Å². The van der Waals surface area contributed by atoms with Crippen LogP contribution in [-0.4, -0.2) is 34.2 Å². The van der Waals surface area contributed by atoms with Gasteiger partial charge in [0.1, 0.15) is 5.75 Å². The molecule has 0 bridgehead atoms. The SMILES string of the molecule is CCCN(Cc1nnc(-c2ccccc2Cl)o1)C(=O)/C=C/c1ccccc1OC(F)F. The van der Waals surface area contributed by atoms with Crippen LogP contribution < -0.4 is 4.74 Å². The number of alkyl halides is 2. The molecule has 162 valence electrons. The van der Waals surface area contributed by atoms with Gasteiger partial charge in [-0.3, -0.25) is 4.79 Å². The summed E-state index contributed by atoms with van der Waals surface area (Å²) in [5.74, 6) is 0.181. The lowest BCUT2D eigenvalue weighted by molar-refractivity contribution is -0.126. The fourth-order valence-electron chi connectivity index (χ4n) is 2.85. The fraction of sp³-hybridized carbons (Fsp3) is 0.227. The molecule has 31 heavy (non-hydrogen) atoms. The molecule has 2 aromatic carbocycles. The molecule has 0 N–H and O–H groups in total. The third-order valence-electron chi connectivity index (χ3n) is 4.24. The topological polar surface area (TPSA) is 68.5 Å². The van der Waals surface area contributed by atoms with Gasteiger partial charge in [-0.15, -0.1) is 10.2 Å². The van der Waals surface area contributed by atoms with Gasteiger partial charge in [-0.25, -0.2) is 0 Å². The molecule has 3 aromatic rings. The van der Waals surface area contributed by atoms with Gasteiger partial charge in [0.25, 0.3) is 0 Å². The lowest BCUT2D eigenvalue weighted by Gasteiger charge is -2.18. The first-order valence-corrected chi connectivity index (χ1v) is 9.93. The molecule has 0 saturated carbocycles. The second-order valence-electron chi connectivity index (χ2n) is 6.49. The highest BCUT2D eigenvalue weighted by atomic mass is 35.5. The number of aromatic nitrogens is 2. The molecule has 0 aliphatic rings. The molecule has 6 nitrogen and oxygen atoms in total. The lowest BCUT2D eigenvalue weighted by Crippen LogP contribution is -2.29. The van der Waals surface area contributed by atoms with E-state index in [0.29, 0.717) is 29.1 Å². The first kappa shape index (κ1) is 22.4. The van der Waals surface area contributed by atoms with Crippen LogP contribution in [0.1, 0.15) is 24.8 Å². The number of hydrogen-bond acceptors (Lipinski definition) is 5. The molecule has 0 saturated heterocycles. The molecule has 9 heteroatoms. The minimum Gasteiger partial charge on any atom is -0.434 e. The molecule has 0 fully saturated rings. The zero-order valence-electron chi connectivity index (χ0n) is 16.7. The number of para-hydroxylation sites is 1. The number of amides is 1. The van der Waals surface area contributed by atoms with E-state index >= 15 is 0 Å². The lowest BCUT2D eigenvalue weighted by atomic mass is 10.2. The van der Waals surface area contributed by atoms with Crippen molar-refractivity contribution in [2.45, 2.75) is 26.5 Å². The van der Waals surface area contributed by atoms with E-state index in [1.807, 2.05) is 6.92 Å². The van der Waals surface area contributed by atoms with E-state index in [1.165, 1.54) is 23.1 Å². The zero-order valence-corrected chi connectivity index (χ0v) is 17.4. The molecule has 0 aliphatic heterocycles. The van der Waals surface area contributed by atoms with Crippen molar-refractivity contribution in [1.82, 2.24) is 15.1 Å². The van der Waals surface area contributed by atoms with Gasteiger partial charge in [-0.2, -0.15) is 8.78 Å². The van der Waals surface area contributed by atoms with E-state index < -0.39 is 6.61 Å². The Morgan fingerprint density at radius 1 is 1.19 bits per heavy atom. The van der Waals surface area contributed by atoms with Crippen molar-refractivity contribution in [1.29, 1.82) is 0 Å². The zero-order chi connectivity index (χ0) is 22.2. The number of ether oxygens (including phenoxy) is 1. The predicted octanol–water partition coefficient (Wildman–Crippen LogP) is 5.44. The number of carbonyl (C=O) groups is 1.